The molecule has 2 rings (SSSR count). The average molecular weight is 336 g/mol. The van der Waals surface area contributed by atoms with Crippen LogP contribution in [0.15, 0.2) is 40.9 Å². The zero-order valence-electron chi connectivity index (χ0n) is 11.9. The second kappa shape index (κ2) is 6.77. The molecule has 106 valence electrons. The van der Waals surface area contributed by atoms with Crippen LogP contribution in [0.2, 0.25) is 0 Å². The van der Waals surface area contributed by atoms with E-state index >= 15 is 0 Å². The SMILES string of the molecule is CNCc1ccccc1-c1ccc(OC)c(Br)c1OC. The third-order valence-electron chi connectivity index (χ3n) is 3.16. The van der Waals surface area contributed by atoms with Gasteiger partial charge >= 0.3 is 0 Å². The second-order valence-corrected chi connectivity index (χ2v) is 5.14. The molecule has 20 heavy (non-hydrogen) atoms. The van der Waals surface area contributed by atoms with Gasteiger partial charge in [-0.25, -0.2) is 0 Å². The fourth-order valence-electron chi connectivity index (χ4n) is 2.23. The molecule has 0 amide bonds. The summed E-state index contributed by atoms with van der Waals surface area (Å²) in [6.07, 6.45) is 0. The van der Waals surface area contributed by atoms with E-state index in [0.717, 1.165) is 33.6 Å². The van der Waals surface area contributed by atoms with Crippen LogP contribution in [0.25, 0.3) is 11.1 Å². The molecule has 0 saturated heterocycles. The molecular formula is C16H18BrNO2. The highest BCUT2D eigenvalue weighted by Crippen LogP contribution is 2.42. The number of rotatable bonds is 5. The van der Waals surface area contributed by atoms with E-state index in [9.17, 15) is 0 Å². The van der Waals surface area contributed by atoms with Crippen molar-refractivity contribution in [2.45, 2.75) is 6.54 Å². The van der Waals surface area contributed by atoms with Crippen molar-refractivity contribution in [2.75, 3.05) is 21.3 Å². The molecule has 0 radical (unpaired) electrons. The minimum absolute atomic E-state index is 0.761. The summed E-state index contributed by atoms with van der Waals surface area (Å²) in [5.74, 6) is 1.55. The van der Waals surface area contributed by atoms with Crippen LogP contribution in [0.4, 0.5) is 0 Å². The van der Waals surface area contributed by atoms with E-state index < -0.39 is 0 Å². The van der Waals surface area contributed by atoms with E-state index in [1.165, 1.54) is 5.56 Å². The van der Waals surface area contributed by atoms with Crippen LogP contribution in [0.1, 0.15) is 5.56 Å². The first-order chi connectivity index (χ1) is 9.72. The molecule has 0 aliphatic rings. The lowest BCUT2D eigenvalue weighted by molar-refractivity contribution is 0.390. The molecule has 2 aromatic rings. The Morgan fingerprint density at radius 3 is 2.40 bits per heavy atom. The summed E-state index contributed by atoms with van der Waals surface area (Å²) in [6.45, 7) is 0.809. The maximum absolute atomic E-state index is 5.56. The molecule has 3 nitrogen and oxygen atoms in total. The molecule has 4 heteroatoms. The van der Waals surface area contributed by atoms with Crippen LogP contribution in [-0.2, 0) is 6.54 Å². The van der Waals surface area contributed by atoms with Gasteiger partial charge in [0.05, 0.1) is 14.2 Å². The van der Waals surface area contributed by atoms with Gasteiger partial charge < -0.3 is 14.8 Å². The number of hydrogen-bond acceptors (Lipinski definition) is 3. The fourth-order valence-corrected chi connectivity index (χ4v) is 2.90. The standard InChI is InChI=1S/C16H18BrNO2/c1-18-10-11-6-4-5-7-12(11)13-8-9-14(19-2)15(17)16(13)20-3/h4-9,18H,10H2,1-3H3. The maximum atomic E-state index is 5.56. The molecule has 0 atom stereocenters. The van der Waals surface area contributed by atoms with Gasteiger partial charge in [0.1, 0.15) is 16.0 Å². The molecule has 1 N–H and O–H groups in total. The molecule has 0 aliphatic heterocycles. The largest absolute Gasteiger partial charge is 0.495 e. The Morgan fingerprint density at radius 2 is 1.75 bits per heavy atom. The van der Waals surface area contributed by atoms with Crippen LogP contribution in [0.5, 0.6) is 11.5 Å². The first-order valence-corrected chi connectivity index (χ1v) is 7.15. The van der Waals surface area contributed by atoms with Crippen molar-refractivity contribution in [1.82, 2.24) is 5.32 Å². The van der Waals surface area contributed by atoms with Gasteiger partial charge in [0.2, 0.25) is 0 Å². The van der Waals surface area contributed by atoms with Crippen LogP contribution in [0.3, 0.4) is 0 Å². The molecule has 0 bridgehead atoms. The van der Waals surface area contributed by atoms with Gasteiger partial charge in [-0.15, -0.1) is 0 Å². The first-order valence-electron chi connectivity index (χ1n) is 6.36. The predicted octanol–water partition coefficient (Wildman–Crippen LogP) is 3.85. The van der Waals surface area contributed by atoms with E-state index in [2.05, 4.69) is 33.4 Å². The van der Waals surface area contributed by atoms with E-state index in [1.54, 1.807) is 14.2 Å². The van der Waals surface area contributed by atoms with Crippen LogP contribution in [-0.4, -0.2) is 21.3 Å². The van der Waals surface area contributed by atoms with Crippen LogP contribution in [0, 0.1) is 0 Å². The Morgan fingerprint density at radius 1 is 1.00 bits per heavy atom. The highest BCUT2D eigenvalue weighted by molar-refractivity contribution is 9.10. The molecule has 0 aromatic heterocycles. The highest BCUT2D eigenvalue weighted by Gasteiger charge is 2.15. The van der Waals surface area contributed by atoms with Crippen molar-refractivity contribution in [3.05, 3.63) is 46.4 Å². The molecule has 0 fully saturated rings. The van der Waals surface area contributed by atoms with Gasteiger partial charge in [-0.1, -0.05) is 24.3 Å². The minimum atomic E-state index is 0.761. The predicted molar refractivity (Wildman–Crippen MR) is 85.4 cm³/mol. The van der Waals surface area contributed by atoms with Crippen molar-refractivity contribution in [3.63, 3.8) is 0 Å². The first kappa shape index (κ1) is 14.9. The maximum Gasteiger partial charge on any atom is 0.144 e. The molecule has 0 aliphatic carbocycles. The number of nitrogens with one attached hydrogen (secondary N) is 1. The molecule has 0 saturated carbocycles. The fraction of sp³-hybridized carbons (Fsp3) is 0.250. The van der Waals surface area contributed by atoms with Crippen molar-refractivity contribution in [3.8, 4) is 22.6 Å². The summed E-state index contributed by atoms with van der Waals surface area (Å²) in [7, 11) is 5.26. The van der Waals surface area contributed by atoms with Crippen molar-refractivity contribution in [2.24, 2.45) is 0 Å². The molecule has 0 spiro atoms. The number of benzene rings is 2. The van der Waals surface area contributed by atoms with E-state index in [-0.39, 0.29) is 0 Å². The van der Waals surface area contributed by atoms with E-state index in [4.69, 9.17) is 9.47 Å². The monoisotopic (exact) mass is 335 g/mol. The van der Waals surface area contributed by atoms with Crippen molar-refractivity contribution >= 4 is 15.9 Å². The lowest BCUT2D eigenvalue weighted by Crippen LogP contribution is -2.06. The lowest BCUT2D eigenvalue weighted by atomic mass is 9.98. The third-order valence-corrected chi connectivity index (χ3v) is 3.91. The van der Waals surface area contributed by atoms with Gasteiger partial charge in [0.25, 0.3) is 0 Å². The molecular weight excluding hydrogens is 318 g/mol. The number of ether oxygens (including phenoxy) is 2. The summed E-state index contributed by atoms with van der Waals surface area (Å²) in [5, 5.41) is 3.19. The van der Waals surface area contributed by atoms with Gasteiger partial charge in [-0.2, -0.15) is 0 Å². The number of hydrogen-bond donors (Lipinski definition) is 1. The number of halogens is 1. The summed E-state index contributed by atoms with van der Waals surface area (Å²) in [6, 6.07) is 12.3. The van der Waals surface area contributed by atoms with Gasteiger partial charge in [0, 0.05) is 12.1 Å². The average Bonchev–Trinajstić information content (AvgIpc) is 2.48. The van der Waals surface area contributed by atoms with Crippen molar-refractivity contribution < 1.29 is 9.47 Å². The number of methoxy groups -OCH3 is 2. The molecule has 2 aromatic carbocycles. The topological polar surface area (TPSA) is 30.5 Å². The third kappa shape index (κ3) is 2.81. The lowest BCUT2D eigenvalue weighted by Gasteiger charge is -2.16. The summed E-state index contributed by atoms with van der Waals surface area (Å²) in [5.41, 5.74) is 3.43. The van der Waals surface area contributed by atoms with Crippen LogP contribution < -0.4 is 14.8 Å². The smallest absolute Gasteiger partial charge is 0.144 e. The summed E-state index contributed by atoms with van der Waals surface area (Å²) in [4.78, 5) is 0. The Balaban J connectivity index is 2.61. The normalized spacial score (nSPS) is 10.4. The summed E-state index contributed by atoms with van der Waals surface area (Å²) < 4.78 is 11.7. The zero-order chi connectivity index (χ0) is 14.5. The second-order valence-electron chi connectivity index (χ2n) is 4.35. The van der Waals surface area contributed by atoms with Gasteiger partial charge in [-0.3, -0.25) is 0 Å². The minimum Gasteiger partial charge on any atom is -0.495 e. The zero-order valence-corrected chi connectivity index (χ0v) is 13.5. The molecule has 0 heterocycles. The Kier molecular flexibility index (Phi) is 5.04. The highest BCUT2D eigenvalue weighted by atomic mass is 79.9. The Bertz CT molecular complexity index is 599. The van der Waals surface area contributed by atoms with Crippen LogP contribution >= 0.6 is 15.9 Å². The van der Waals surface area contributed by atoms with E-state index in [0.29, 0.717) is 0 Å². The molecule has 0 unspecified atom stereocenters. The van der Waals surface area contributed by atoms with Crippen molar-refractivity contribution in [1.29, 1.82) is 0 Å². The Labute approximate surface area is 128 Å². The van der Waals surface area contributed by atoms with Gasteiger partial charge in [-0.05, 0) is 46.2 Å². The Hall–Kier alpha value is -1.52. The quantitative estimate of drug-likeness (QED) is 0.900. The summed E-state index contributed by atoms with van der Waals surface area (Å²) >= 11 is 3.55. The van der Waals surface area contributed by atoms with E-state index in [1.807, 2.05) is 31.3 Å². The van der Waals surface area contributed by atoms with Gasteiger partial charge in [0.15, 0.2) is 0 Å².